The number of amides is 4. The van der Waals surface area contributed by atoms with Gasteiger partial charge >= 0.3 is 17.8 Å². The summed E-state index contributed by atoms with van der Waals surface area (Å²) in [5.41, 5.74) is 1.69. The molecule has 8 nitrogen and oxygen atoms in total. The summed E-state index contributed by atoms with van der Waals surface area (Å²) < 4.78 is 0. The van der Waals surface area contributed by atoms with Gasteiger partial charge in [-0.1, -0.05) is 0 Å². The lowest BCUT2D eigenvalue weighted by Crippen LogP contribution is -2.46. The zero-order valence-corrected chi connectivity index (χ0v) is 8.66. The van der Waals surface area contributed by atoms with Gasteiger partial charge in [-0.2, -0.15) is 0 Å². The molecule has 0 saturated carbocycles. The highest BCUT2D eigenvalue weighted by atomic mass is 16.2. The minimum Gasteiger partial charge on any atom is -0.346 e. The van der Waals surface area contributed by atoms with Crippen LogP contribution in [0.2, 0.25) is 0 Å². The summed E-state index contributed by atoms with van der Waals surface area (Å²) in [6, 6.07) is -0.271. The molecule has 86 valence electrons. The third-order valence-electron chi connectivity index (χ3n) is 1.43. The molecule has 8 heteroatoms. The van der Waals surface area contributed by atoms with E-state index in [2.05, 4.69) is 10.6 Å². The van der Waals surface area contributed by atoms with E-state index in [-0.39, 0.29) is 19.1 Å². The van der Waals surface area contributed by atoms with Crippen LogP contribution in [0.3, 0.4) is 0 Å². The molecule has 0 aromatic heterocycles. The fourth-order valence-corrected chi connectivity index (χ4v) is 0.649. The Morgan fingerprint density at radius 3 is 2.07 bits per heavy atom. The number of rotatable bonds is 3. The minimum atomic E-state index is -0.922. The minimum absolute atomic E-state index is 0.159. The zero-order chi connectivity index (χ0) is 11.8. The molecule has 0 aliphatic carbocycles. The molecule has 0 spiro atoms. The maximum absolute atomic E-state index is 11.0. The average Bonchev–Trinajstić information content (AvgIpc) is 2.22. The molecule has 15 heavy (non-hydrogen) atoms. The van der Waals surface area contributed by atoms with Gasteiger partial charge in [0.1, 0.15) is 0 Å². The van der Waals surface area contributed by atoms with Gasteiger partial charge < -0.3 is 15.5 Å². The normalized spacial score (nSPS) is 9.00. The number of nitrogens with two attached hydrogens (primary N) is 1. The highest BCUT2D eigenvalue weighted by Gasteiger charge is 2.10. The molecular formula is C7H15N5O3. The predicted octanol–water partition coefficient (Wildman–Crippen LogP) is -2.64. The molecule has 0 radical (unpaired) electrons. The smallest absolute Gasteiger partial charge is 0.323 e. The molecule has 0 fully saturated rings. The lowest BCUT2D eigenvalue weighted by Gasteiger charge is -2.11. The van der Waals surface area contributed by atoms with Gasteiger partial charge in [0.05, 0.1) is 0 Å². The Labute approximate surface area is 87.1 Å². The first kappa shape index (κ1) is 13.2. The molecule has 4 amide bonds. The van der Waals surface area contributed by atoms with E-state index in [1.54, 1.807) is 19.5 Å². The standard InChI is InChI=1S/C7H15N5O3/c1-12(2)7(15)10-4-3-9-5(13)6(14)11-8/h3-4,8H2,1-2H3,(H,9,13)(H,10,15)(H,11,14). The number of carbonyl (C=O) groups is 3. The Balaban J connectivity index is 3.59. The first-order valence-electron chi connectivity index (χ1n) is 4.23. The molecule has 0 unspecified atom stereocenters. The molecule has 5 N–H and O–H groups in total. The molecule has 0 aromatic rings. The lowest BCUT2D eigenvalue weighted by atomic mass is 10.5. The van der Waals surface area contributed by atoms with Crippen LogP contribution in [0.5, 0.6) is 0 Å². The van der Waals surface area contributed by atoms with Crippen LogP contribution in [0.1, 0.15) is 0 Å². The molecule has 0 saturated heterocycles. The van der Waals surface area contributed by atoms with Crippen molar-refractivity contribution < 1.29 is 14.4 Å². The van der Waals surface area contributed by atoms with Crippen LogP contribution in [-0.2, 0) is 9.59 Å². The number of urea groups is 1. The largest absolute Gasteiger partial charge is 0.346 e. The van der Waals surface area contributed by atoms with Crippen molar-refractivity contribution in [2.24, 2.45) is 5.84 Å². The Morgan fingerprint density at radius 1 is 1.07 bits per heavy atom. The van der Waals surface area contributed by atoms with Gasteiger partial charge in [0.2, 0.25) is 0 Å². The number of hydrazine groups is 1. The van der Waals surface area contributed by atoms with Gasteiger partial charge in [0.15, 0.2) is 0 Å². The third-order valence-corrected chi connectivity index (χ3v) is 1.43. The van der Waals surface area contributed by atoms with Gasteiger partial charge in [-0.3, -0.25) is 15.0 Å². The van der Waals surface area contributed by atoms with E-state index in [4.69, 9.17) is 5.84 Å². The Kier molecular flexibility index (Phi) is 5.79. The fourth-order valence-electron chi connectivity index (χ4n) is 0.649. The van der Waals surface area contributed by atoms with Crippen molar-refractivity contribution in [2.75, 3.05) is 27.2 Å². The average molecular weight is 217 g/mol. The van der Waals surface area contributed by atoms with Crippen molar-refractivity contribution in [3.05, 3.63) is 0 Å². The highest BCUT2D eigenvalue weighted by Crippen LogP contribution is 1.74. The van der Waals surface area contributed by atoms with Crippen LogP contribution >= 0.6 is 0 Å². The third kappa shape index (κ3) is 5.47. The number of hydrogen-bond donors (Lipinski definition) is 4. The van der Waals surface area contributed by atoms with E-state index in [1.807, 2.05) is 0 Å². The molecular weight excluding hydrogens is 202 g/mol. The van der Waals surface area contributed by atoms with Crippen LogP contribution in [0.15, 0.2) is 0 Å². The van der Waals surface area contributed by atoms with Crippen molar-refractivity contribution in [3.8, 4) is 0 Å². The van der Waals surface area contributed by atoms with Crippen molar-refractivity contribution in [2.45, 2.75) is 0 Å². The van der Waals surface area contributed by atoms with E-state index in [1.165, 1.54) is 4.90 Å². The first-order valence-corrected chi connectivity index (χ1v) is 4.23. The van der Waals surface area contributed by atoms with E-state index in [9.17, 15) is 14.4 Å². The Morgan fingerprint density at radius 2 is 1.60 bits per heavy atom. The summed E-state index contributed by atoms with van der Waals surface area (Å²) >= 11 is 0. The van der Waals surface area contributed by atoms with Crippen molar-refractivity contribution in [1.82, 2.24) is 21.0 Å². The molecule has 0 aromatic carbocycles. The summed E-state index contributed by atoms with van der Waals surface area (Å²) in [6.07, 6.45) is 0. The van der Waals surface area contributed by atoms with Crippen molar-refractivity contribution in [1.29, 1.82) is 0 Å². The second kappa shape index (κ2) is 6.60. The van der Waals surface area contributed by atoms with E-state index in [0.29, 0.717) is 0 Å². The SMILES string of the molecule is CN(C)C(=O)NCCNC(=O)C(=O)NN. The predicted molar refractivity (Wildman–Crippen MR) is 52.4 cm³/mol. The van der Waals surface area contributed by atoms with Crippen LogP contribution in [0.4, 0.5) is 4.79 Å². The topological polar surface area (TPSA) is 117 Å². The van der Waals surface area contributed by atoms with Gasteiger partial charge in [0.25, 0.3) is 0 Å². The number of nitrogens with one attached hydrogen (secondary N) is 3. The van der Waals surface area contributed by atoms with Gasteiger partial charge in [-0.15, -0.1) is 0 Å². The van der Waals surface area contributed by atoms with E-state index >= 15 is 0 Å². The van der Waals surface area contributed by atoms with Crippen LogP contribution < -0.4 is 21.9 Å². The molecule has 0 atom stereocenters. The summed E-state index contributed by atoms with van der Waals surface area (Å²) in [7, 11) is 3.19. The second-order valence-electron chi connectivity index (χ2n) is 2.86. The van der Waals surface area contributed by atoms with Crippen LogP contribution in [0, 0.1) is 0 Å². The number of carbonyl (C=O) groups excluding carboxylic acids is 3. The first-order chi connectivity index (χ1) is 6.99. The van der Waals surface area contributed by atoms with Crippen molar-refractivity contribution in [3.63, 3.8) is 0 Å². The Hall–Kier alpha value is -1.83. The van der Waals surface area contributed by atoms with E-state index < -0.39 is 11.8 Å². The molecule has 0 heterocycles. The quantitative estimate of drug-likeness (QED) is 0.136. The molecule has 0 rings (SSSR count). The molecule has 0 bridgehead atoms. The maximum Gasteiger partial charge on any atom is 0.323 e. The summed E-state index contributed by atoms with van der Waals surface area (Å²) in [5, 5.41) is 4.77. The number of hydrogen-bond acceptors (Lipinski definition) is 4. The fraction of sp³-hybridized carbons (Fsp3) is 0.571. The van der Waals surface area contributed by atoms with Crippen LogP contribution in [-0.4, -0.2) is 49.9 Å². The number of nitrogens with zero attached hydrogens (tertiary/aromatic N) is 1. The summed E-state index contributed by atoms with van der Waals surface area (Å²) in [5.74, 6) is 2.97. The Bertz CT molecular complexity index is 253. The lowest BCUT2D eigenvalue weighted by molar-refractivity contribution is -0.139. The summed E-state index contributed by atoms with van der Waals surface area (Å²) in [6.45, 7) is 0.395. The van der Waals surface area contributed by atoms with Gasteiger partial charge in [-0.25, -0.2) is 10.6 Å². The monoisotopic (exact) mass is 217 g/mol. The second-order valence-corrected chi connectivity index (χ2v) is 2.86. The highest BCUT2D eigenvalue weighted by molar-refractivity contribution is 6.34. The zero-order valence-electron chi connectivity index (χ0n) is 8.66. The van der Waals surface area contributed by atoms with Crippen LogP contribution in [0.25, 0.3) is 0 Å². The summed E-state index contributed by atoms with van der Waals surface area (Å²) in [4.78, 5) is 33.8. The van der Waals surface area contributed by atoms with Gasteiger partial charge in [-0.05, 0) is 0 Å². The molecule has 0 aliphatic heterocycles. The maximum atomic E-state index is 11.0. The molecule has 0 aliphatic rings. The van der Waals surface area contributed by atoms with E-state index in [0.717, 1.165) is 0 Å². The van der Waals surface area contributed by atoms with Crippen molar-refractivity contribution >= 4 is 17.8 Å². The van der Waals surface area contributed by atoms with Gasteiger partial charge in [0, 0.05) is 27.2 Å².